The average molecular weight is 326 g/mol. The number of aliphatic hydroxyl groups is 1. The Kier molecular flexibility index (Phi) is 4.19. The van der Waals surface area contributed by atoms with Gasteiger partial charge in [0.2, 0.25) is 0 Å². The Bertz CT molecular complexity index is 733. The van der Waals surface area contributed by atoms with Crippen molar-refractivity contribution in [3.8, 4) is 5.75 Å². The number of pyridine rings is 1. The van der Waals surface area contributed by atoms with E-state index in [1.54, 1.807) is 6.20 Å². The first-order valence-corrected chi connectivity index (χ1v) is 9.18. The lowest BCUT2D eigenvalue weighted by atomic mass is 9.90. The van der Waals surface area contributed by atoms with Gasteiger partial charge in [0.1, 0.15) is 5.75 Å². The first kappa shape index (κ1) is 15.9. The van der Waals surface area contributed by atoms with Crippen LogP contribution in [0, 0.1) is 5.92 Å². The van der Waals surface area contributed by atoms with Crippen molar-refractivity contribution in [3.63, 3.8) is 0 Å². The highest BCUT2D eigenvalue weighted by Crippen LogP contribution is 2.45. The highest BCUT2D eigenvalue weighted by molar-refractivity contribution is 5.84. The molecule has 2 bridgehead atoms. The van der Waals surface area contributed by atoms with Gasteiger partial charge in [-0.2, -0.15) is 0 Å². The fourth-order valence-corrected chi connectivity index (χ4v) is 4.82. The van der Waals surface area contributed by atoms with Crippen molar-refractivity contribution >= 4 is 10.9 Å². The average Bonchev–Trinajstić information content (AvgIpc) is 3.18. The van der Waals surface area contributed by atoms with Gasteiger partial charge in [-0.15, -0.1) is 0 Å². The second-order valence-electron chi connectivity index (χ2n) is 7.02. The molecule has 128 valence electrons. The molecule has 0 saturated carbocycles. The maximum Gasteiger partial charge on any atom is 0.120 e. The molecule has 1 aromatic heterocycles. The third-order valence-corrected chi connectivity index (χ3v) is 5.86. The molecule has 2 aliphatic rings. The molecule has 1 N–H and O–H groups in total. The highest BCUT2D eigenvalue weighted by atomic mass is 16.5. The molecule has 2 saturated heterocycles. The van der Waals surface area contributed by atoms with E-state index < -0.39 is 6.10 Å². The van der Waals surface area contributed by atoms with Crippen molar-refractivity contribution < 1.29 is 9.84 Å². The van der Waals surface area contributed by atoms with E-state index in [9.17, 15) is 5.11 Å². The minimum Gasteiger partial charge on any atom is -0.494 e. The molecule has 0 amide bonds. The van der Waals surface area contributed by atoms with Crippen LogP contribution in [0.5, 0.6) is 5.75 Å². The molecule has 5 atom stereocenters. The lowest BCUT2D eigenvalue weighted by Crippen LogP contribution is -2.38. The number of fused-ring (bicyclic) bond motifs is 3. The van der Waals surface area contributed by atoms with E-state index >= 15 is 0 Å². The van der Waals surface area contributed by atoms with E-state index in [1.165, 1.54) is 12.8 Å². The molecule has 5 unspecified atom stereocenters. The van der Waals surface area contributed by atoms with Gasteiger partial charge in [-0.3, -0.25) is 9.88 Å². The Morgan fingerprint density at radius 2 is 2.21 bits per heavy atom. The van der Waals surface area contributed by atoms with Crippen LogP contribution in [0.1, 0.15) is 44.8 Å². The molecular weight excluding hydrogens is 300 g/mol. The molecular formula is C20H26N2O2. The molecule has 1 aromatic carbocycles. The van der Waals surface area contributed by atoms with Crippen molar-refractivity contribution in [2.24, 2.45) is 5.92 Å². The summed E-state index contributed by atoms with van der Waals surface area (Å²) in [6.45, 7) is 6.01. The molecule has 24 heavy (non-hydrogen) atoms. The van der Waals surface area contributed by atoms with Crippen molar-refractivity contribution in [1.29, 1.82) is 0 Å². The molecule has 2 aromatic rings. The summed E-state index contributed by atoms with van der Waals surface area (Å²) < 4.78 is 5.64. The zero-order valence-corrected chi connectivity index (χ0v) is 14.5. The second-order valence-corrected chi connectivity index (χ2v) is 7.02. The van der Waals surface area contributed by atoms with Crippen LogP contribution in [-0.4, -0.2) is 40.2 Å². The minimum absolute atomic E-state index is 0.232. The van der Waals surface area contributed by atoms with E-state index in [4.69, 9.17) is 4.74 Å². The van der Waals surface area contributed by atoms with Gasteiger partial charge in [-0.1, -0.05) is 6.92 Å². The number of aromatic nitrogens is 1. The molecule has 2 aliphatic heterocycles. The lowest BCUT2D eigenvalue weighted by Gasteiger charge is -2.31. The summed E-state index contributed by atoms with van der Waals surface area (Å²) in [6, 6.07) is 8.79. The van der Waals surface area contributed by atoms with Gasteiger partial charge in [-0.25, -0.2) is 0 Å². The van der Waals surface area contributed by atoms with Crippen LogP contribution in [0.15, 0.2) is 30.5 Å². The Labute approximate surface area is 143 Å². The topological polar surface area (TPSA) is 45.6 Å². The van der Waals surface area contributed by atoms with Crippen LogP contribution in [-0.2, 0) is 0 Å². The quantitative estimate of drug-likeness (QED) is 0.913. The van der Waals surface area contributed by atoms with Gasteiger partial charge in [0.15, 0.2) is 0 Å². The number of benzene rings is 1. The maximum absolute atomic E-state index is 11.2. The van der Waals surface area contributed by atoms with Gasteiger partial charge in [-0.05, 0) is 68.5 Å². The second kappa shape index (κ2) is 6.34. The van der Waals surface area contributed by atoms with Crippen LogP contribution >= 0.6 is 0 Å². The molecule has 0 spiro atoms. The first-order chi connectivity index (χ1) is 11.7. The van der Waals surface area contributed by atoms with E-state index in [0.717, 1.165) is 41.1 Å². The van der Waals surface area contributed by atoms with E-state index in [-0.39, 0.29) is 6.04 Å². The largest absolute Gasteiger partial charge is 0.494 e. The summed E-state index contributed by atoms with van der Waals surface area (Å²) in [5, 5.41) is 12.2. The van der Waals surface area contributed by atoms with E-state index in [1.807, 2.05) is 31.2 Å². The van der Waals surface area contributed by atoms with Crippen LogP contribution in [0.3, 0.4) is 0 Å². The first-order valence-electron chi connectivity index (χ1n) is 9.18. The Balaban J connectivity index is 1.69. The van der Waals surface area contributed by atoms with Crippen LogP contribution in [0.25, 0.3) is 10.9 Å². The zero-order valence-electron chi connectivity index (χ0n) is 14.5. The van der Waals surface area contributed by atoms with Gasteiger partial charge in [0.05, 0.1) is 18.2 Å². The SMILES string of the molecule is CCOc1ccc2nccc(C(O)C3CC4CCN3C4CC)c2c1. The standard InChI is InChI=1S/C20H26N2O2/c1-3-18-13-8-10-22(18)19(11-13)20(23)15-7-9-21-17-6-5-14(24-4-2)12-16(15)17/h5-7,9,12-13,18-20,23H,3-4,8,10-11H2,1-2H3. The summed E-state index contributed by atoms with van der Waals surface area (Å²) in [4.78, 5) is 6.99. The summed E-state index contributed by atoms with van der Waals surface area (Å²) in [5.41, 5.74) is 1.90. The third-order valence-electron chi connectivity index (χ3n) is 5.86. The van der Waals surface area contributed by atoms with Gasteiger partial charge in [0.25, 0.3) is 0 Å². The predicted octanol–water partition coefficient (Wildman–Crippen LogP) is 3.54. The fraction of sp³-hybridized carbons (Fsp3) is 0.550. The van der Waals surface area contributed by atoms with E-state index in [0.29, 0.717) is 12.6 Å². The van der Waals surface area contributed by atoms with Crippen LogP contribution in [0.4, 0.5) is 0 Å². The summed E-state index contributed by atoms with van der Waals surface area (Å²) >= 11 is 0. The molecule has 0 radical (unpaired) electrons. The maximum atomic E-state index is 11.2. The monoisotopic (exact) mass is 326 g/mol. The minimum atomic E-state index is -0.466. The number of rotatable bonds is 5. The van der Waals surface area contributed by atoms with Crippen molar-refractivity contribution in [2.45, 2.75) is 51.3 Å². The van der Waals surface area contributed by atoms with Crippen molar-refractivity contribution in [1.82, 2.24) is 9.88 Å². The van der Waals surface area contributed by atoms with E-state index in [2.05, 4.69) is 16.8 Å². The fourth-order valence-electron chi connectivity index (χ4n) is 4.82. The Morgan fingerprint density at radius 3 is 2.96 bits per heavy atom. The molecule has 3 heterocycles. The lowest BCUT2D eigenvalue weighted by molar-refractivity contribution is 0.0594. The van der Waals surface area contributed by atoms with Gasteiger partial charge < -0.3 is 9.84 Å². The Hall–Kier alpha value is -1.65. The van der Waals surface area contributed by atoms with Gasteiger partial charge in [0, 0.05) is 23.7 Å². The highest BCUT2D eigenvalue weighted by Gasteiger charge is 2.47. The molecule has 0 aliphatic carbocycles. The number of piperidine rings is 1. The molecule has 2 fully saturated rings. The van der Waals surface area contributed by atoms with Crippen LogP contribution < -0.4 is 4.74 Å². The summed E-state index contributed by atoms with van der Waals surface area (Å²) in [7, 11) is 0. The van der Waals surface area contributed by atoms with Crippen molar-refractivity contribution in [3.05, 3.63) is 36.0 Å². The molecule has 4 nitrogen and oxygen atoms in total. The van der Waals surface area contributed by atoms with Crippen molar-refractivity contribution in [2.75, 3.05) is 13.2 Å². The van der Waals surface area contributed by atoms with Gasteiger partial charge >= 0.3 is 0 Å². The van der Waals surface area contributed by atoms with Crippen LogP contribution in [0.2, 0.25) is 0 Å². The zero-order chi connectivity index (χ0) is 16.7. The third kappa shape index (κ3) is 2.49. The summed E-state index contributed by atoms with van der Waals surface area (Å²) in [6.07, 6.45) is 4.91. The smallest absolute Gasteiger partial charge is 0.120 e. The number of nitrogens with zero attached hydrogens (tertiary/aromatic N) is 2. The predicted molar refractivity (Wildman–Crippen MR) is 95.2 cm³/mol. The number of hydrogen-bond acceptors (Lipinski definition) is 4. The number of hydrogen-bond donors (Lipinski definition) is 1. The Morgan fingerprint density at radius 1 is 1.33 bits per heavy atom. The molecule has 4 heteroatoms. The molecule has 4 rings (SSSR count). The summed E-state index contributed by atoms with van der Waals surface area (Å²) in [5.74, 6) is 1.59. The normalized spacial score (nSPS) is 30.0. The number of ether oxygens (including phenoxy) is 1. The number of aliphatic hydroxyl groups excluding tert-OH is 1.